The van der Waals surface area contributed by atoms with Crippen molar-refractivity contribution >= 4 is 17.1 Å². The number of benzene rings is 4. The molecule has 0 heterocycles. The molecule has 5 heteroatoms. The Morgan fingerprint density at radius 2 is 1.12 bits per heavy atom. The molecule has 4 aromatic rings. The lowest BCUT2D eigenvalue weighted by molar-refractivity contribution is 0.458. The van der Waals surface area contributed by atoms with Crippen molar-refractivity contribution in [3.8, 4) is 28.7 Å². The lowest BCUT2D eigenvalue weighted by Crippen LogP contribution is -2.12. The Hall–Kier alpha value is -4.12. The maximum Gasteiger partial charge on any atom is 0.130 e. The average Bonchev–Trinajstić information content (AvgIpc) is 2.76. The van der Waals surface area contributed by atoms with Crippen LogP contribution in [0.3, 0.4) is 0 Å². The van der Waals surface area contributed by atoms with Crippen molar-refractivity contribution in [1.29, 1.82) is 0 Å². The summed E-state index contributed by atoms with van der Waals surface area (Å²) in [4.78, 5) is 2.09. The number of ether oxygens (including phenoxy) is 1. The first-order valence-electron chi connectivity index (χ1n) is 10.7. The first-order chi connectivity index (χ1) is 15.7. The third kappa shape index (κ3) is 4.58. The number of anilines is 3. The Morgan fingerprint density at radius 3 is 1.64 bits per heavy atom. The summed E-state index contributed by atoms with van der Waals surface area (Å²) in [7, 11) is 0. The number of hydrogen-bond donors (Lipinski definition) is 3. The monoisotopic (exact) mass is 441 g/mol. The predicted octanol–water partition coefficient (Wildman–Crippen LogP) is 7.30. The summed E-state index contributed by atoms with van der Waals surface area (Å²) in [6.07, 6.45) is 0. The molecule has 0 bridgehead atoms. The molecule has 4 aromatic carbocycles. The van der Waals surface area contributed by atoms with Crippen LogP contribution in [0, 0.1) is 27.7 Å². The largest absolute Gasteiger partial charge is 0.508 e. The zero-order chi connectivity index (χ0) is 23.7. The van der Waals surface area contributed by atoms with E-state index in [1.165, 1.54) is 0 Å². The zero-order valence-electron chi connectivity index (χ0n) is 19.1. The molecule has 0 unspecified atom stereocenters. The van der Waals surface area contributed by atoms with Crippen LogP contribution in [-0.4, -0.2) is 15.3 Å². The minimum Gasteiger partial charge on any atom is -0.508 e. The SMILES string of the molecule is Cc1cc(Oc2ccc(N(c3ccc(O)cc3C)c3ccc(O)cc3C)cc2)c(C)cc1O. The number of phenols is 3. The van der Waals surface area contributed by atoms with Crippen LogP contribution in [0.25, 0.3) is 0 Å². The van der Waals surface area contributed by atoms with Crippen LogP contribution in [0.2, 0.25) is 0 Å². The van der Waals surface area contributed by atoms with Gasteiger partial charge < -0.3 is 25.0 Å². The highest BCUT2D eigenvalue weighted by Gasteiger charge is 2.17. The summed E-state index contributed by atoms with van der Waals surface area (Å²) in [6, 6.07) is 21.8. The Kier molecular flexibility index (Phi) is 5.88. The van der Waals surface area contributed by atoms with Crippen molar-refractivity contribution < 1.29 is 20.1 Å². The third-order valence-electron chi connectivity index (χ3n) is 5.66. The minimum absolute atomic E-state index is 0.210. The van der Waals surface area contributed by atoms with Crippen molar-refractivity contribution in [2.75, 3.05) is 4.90 Å². The molecule has 0 saturated heterocycles. The van der Waals surface area contributed by atoms with E-state index in [1.807, 2.05) is 70.2 Å². The Morgan fingerprint density at radius 1 is 0.576 bits per heavy atom. The smallest absolute Gasteiger partial charge is 0.130 e. The molecular formula is C28H27NO4. The van der Waals surface area contributed by atoms with Gasteiger partial charge in [0.15, 0.2) is 0 Å². The van der Waals surface area contributed by atoms with Crippen LogP contribution >= 0.6 is 0 Å². The molecule has 0 fully saturated rings. The Labute approximate surface area is 193 Å². The van der Waals surface area contributed by atoms with Crippen molar-refractivity contribution in [3.63, 3.8) is 0 Å². The summed E-state index contributed by atoms with van der Waals surface area (Å²) in [5.74, 6) is 2.04. The van der Waals surface area contributed by atoms with E-state index in [0.717, 1.165) is 39.3 Å². The van der Waals surface area contributed by atoms with Gasteiger partial charge in [-0.25, -0.2) is 0 Å². The summed E-state index contributed by atoms with van der Waals surface area (Å²) in [6.45, 7) is 7.63. The Bertz CT molecular complexity index is 1260. The van der Waals surface area contributed by atoms with E-state index in [2.05, 4.69) is 4.90 Å². The maximum absolute atomic E-state index is 9.90. The van der Waals surface area contributed by atoms with E-state index in [4.69, 9.17) is 4.74 Å². The van der Waals surface area contributed by atoms with Gasteiger partial charge in [0.2, 0.25) is 0 Å². The molecule has 33 heavy (non-hydrogen) atoms. The lowest BCUT2D eigenvalue weighted by Gasteiger charge is -2.28. The number of rotatable bonds is 5. The fourth-order valence-corrected chi connectivity index (χ4v) is 3.86. The quantitative estimate of drug-likeness (QED) is 0.303. The van der Waals surface area contributed by atoms with Crippen LogP contribution in [0.5, 0.6) is 28.7 Å². The van der Waals surface area contributed by atoms with Gasteiger partial charge in [-0.1, -0.05) is 0 Å². The van der Waals surface area contributed by atoms with Gasteiger partial charge in [0.1, 0.15) is 28.7 Å². The van der Waals surface area contributed by atoms with Gasteiger partial charge >= 0.3 is 0 Å². The first-order valence-corrected chi connectivity index (χ1v) is 10.7. The lowest BCUT2D eigenvalue weighted by atomic mass is 10.1. The van der Waals surface area contributed by atoms with Gasteiger partial charge in [0.05, 0.1) is 0 Å². The molecule has 0 saturated carbocycles. The topological polar surface area (TPSA) is 73.2 Å². The third-order valence-corrected chi connectivity index (χ3v) is 5.66. The molecule has 0 amide bonds. The highest BCUT2D eigenvalue weighted by atomic mass is 16.5. The molecule has 3 N–H and O–H groups in total. The predicted molar refractivity (Wildman–Crippen MR) is 132 cm³/mol. The van der Waals surface area contributed by atoms with Crippen LogP contribution < -0.4 is 9.64 Å². The molecule has 0 radical (unpaired) electrons. The van der Waals surface area contributed by atoms with Crippen molar-refractivity contribution in [3.05, 3.63) is 95.1 Å². The number of hydrogen-bond acceptors (Lipinski definition) is 5. The van der Waals surface area contributed by atoms with E-state index >= 15 is 0 Å². The van der Waals surface area contributed by atoms with E-state index in [9.17, 15) is 15.3 Å². The minimum atomic E-state index is 0.210. The second kappa shape index (κ2) is 8.79. The number of aromatic hydroxyl groups is 3. The van der Waals surface area contributed by atoms with E-state index < -0.39 is 0 Å². The second-order valence-electron chi connectivity index (χ2n) is 8.28. The standard InChI is InChI=1S/C28H27NO4/c1-17-13-22(30)7-11-25(17)29(26-12-8-23(31)14-18(26)2)21-5-9-24(10-6-21)33-28-16-19(3)27(32)15-20(28)4/h5-16,30-32H,1-4H3. The number of nitrogens with zero attached hydrogens (tertiary/aromatic N) is 1. The van der Waals surface area contributed by atoms with Gasteiger partial charge in [0, 0.05) is 17.1 Å². The zero-order valence-corrected chi connectivity index (χ0v) is 19.1. The molecule has 168 valence electrons. The molecule has 0 atom stereocenters. The van der Waals surface area contributed by atoms with Crippen LogP contribution in [0.4, 0.5) is 17.1 Å². The Balaban J connectivity index is 1.74. The molecular weight excluding hydrogens is 414 g/mol. The summed E-state index contributed by atoms with van der Waals surface area (Å²) in [5, 5.41) is 29.7. The van der Waals surface area contributed by atoms with Gasteiger partial charge in [0.25, 0.3) is 0 Å². The van der Waals surface area contributed by atoms with Crippen LogP contribution in [-0.2, 0) is 0 Å². The highest BCUT2D eigenvalue weighted by molar-refractivity contribution is 5.80. The second-order valence-corrected chi connectivity index (χ2v) is 8.28. The highest BCUT2D eigenvalue weighted by Crippen LogP contribution is 2.41. The van der Waals surface area contributed by atoms with E-state index in [1.54, 1.807) is 30.3 Å². The van der Waals surface area contributed by atoms with Gasteiger partial charge in [-0.15, -0.1) is 0 Å². The molecule has 5 nitrogen and oxygen atoms in total. The van der Waals surface area contributed by atoms with E-state index in [-0.39, 0.29) is 17.2 Å². The maximum atomic E-state index is 9.90. The molecule has 0 aliphatic rings. The summed E-state index contributed by atoms with van der Waals surface area (Å²) in [5.41, 5.74) is 6.17. The summed E-state index contributed by atoms with van der Waals surface area (Å²) < 4.78 is 6.07. The molecule has 0 aliphatic heterocycles. The fourth-order valence-electron chi connectivity index (χ4n) is 3.86. The van der Waals surface area contributed by atoms with Crippen LogP contribution in [0.15, 0.2) is 72.8 Å². The average molecular weight is 442 g/mol. The number of phenolic OH excluding ortho intramolecular Hbond substituents is 3. The molecule has 0 aromatic heterocycles. The first kappa shape index (κ1) is 22.1. The van der Waals surface area contributed by atoms with Crippen molar-refractivity contribution in [1.82, 2.24) is 0 Å². The summed E-state index contributed by atoms with van der Waals surface area (Å²) >= 11 is 0. The van der Waals surface area contributed by atoms with Gasteiger partial charge in [-0.05, 0) is 123 Å². The van der Waals surface area contributed by atoms with Gasteiger partial charge in [-0.2, -0.15) is 0 Å². The van der Waals surface area contributed by atoms with Crippen molar-refractivity contribution in [2.24, 2.45) is 0 Å². The van der Waals surface area contributed by atoms with Gasteiger partial charge in [-0.3, -0.25) is 0 Å². The fraction of sp³-hybridized carbons (Fsp3) is 0.143. The number of aryl methyl sites for hydroxylation is 4. The van der Waals surface area contributed by atoms with Crippen LogP contribution in [0.1, 0.15) is 22.3 Å². The molecule has 0 aliphatic carbocycles. The normalized spacial score (nSPS) is 10.8. The van der Waals surface area contributed by atoms with E-state index in [0.29, 0.717) is 11.5 Å². The van der Waals surface area contributed by atoms with Crippen molar-refractivity contribution in [2.45, 2.75) is 27.7 Å². The molecule has 0 spiro atoms. The molecule has 4 rings (SSSR count).